The molecule has 0 bridgehead atoms. The van der Waals surface area contributed by atoms with Crippen LogP contribution in [-0.4, -0.2) is 55.6 Å². The van der Waals surface area contributed by atoms with Gasteiger partial charge in [0.25, 0.3) is 5.91 Å². The maximum atomic E-state index is 12.3. The van der Waals surface area contributed by atoms with Crippen molar-refractivity contribution in [3.8, 4) is 0 Å². The molecule has 0 N–H and O–H groups in total. The smallest absolute Gasteiger partial charge is 0.251 e. The summed E-state index contributed by atoms with van der Waals surface area (Å²) in [6.45, 7) is 6.31. The molecule has 104 valence electrons. The molecule has 2 fully saturated rings. The maximum absolute atomic E-state index is 12.3. The standard InChI is InChI=1S/C13H23NO4/c1-3-16-10(2)12(15)14-7-5-4-6-11(14)13-17-8-9-18-13/h10-11,13H,3-9H2,1-2H3/t10-,11-/m1/s1. The van der Waals surface area contributed by atoms with E-state index in [1.165, 1.54) is 0 Å². The minimum atomic E-state index is -0.378. The Morgan fingerprint density at radius 3 is 2.78 bits per heavy atom. The Kier molecular flexibility index (Phi) is 4.97. The summed E-state index contributed by atoms with van der Waals surface area (Å²) >= 11 is 0. The van der Waals surface area contributed by atoms with Crippen molar-refractivity contribution < 1.29 is 19.0 Å². The Morgan fingerprint density at radius 2 is 2.11 bits per heavy atom. The molecule has 2 aliphatic heterocycles. The van der Waals surface area contributed by atoms with Crippen LogP contribution < -0.4 is 0 Å². The highest BCUT2D eigenvalue weighted by Gasteiger charge is 2.37. The highest BCUT2D eigenvalue weighted by molar-refractivity contribution is 5.81. The van der Waals surface area contributed by atoms with Crippen LogP contribution in [0.3, 0.4) is 0 Å². The molecule has 2 atom stereocenters. The molecular formula is C13H23NO4. The van der Waals surface area contributed by atoms with E-state index in [9.17, 15) is 4.79 Å². The lowest BCUT2D eigenvalue weighted by atomic mass is 10.0. The van der Waals surface area contributed by atoms with E-state index in [-0.39, 0.29) is 24.3 Å². The molecule has 1 amide bonds. The number of nitrogens with zero attached hydrogens (tertiary/aromatic N) is 1. The molecule has 0 spiro atoms. The Labute approximate surface area is 108 Å². The molecule has 5 heteroatoms. The van der Waals surface area contributed by atoms with Crippen molar-refractivity contribution in [1.29, 1.82) is 0 Å². The summed E-state index contributed by atoms with van der Waals surface area (Å²) in [5.74, 6) is 0.0562. The number of hydrogen-bond donors (Lipinski definition) is 0. The zero-order chi connectivity index (χ0) is 13.0. The first-order chi connectivity index (χ1) is 8.74. The lowest BCUT2D eigenvalue weighted by Crippen LogP contribution is -2.53. The van der Waals surface area contributed by atoms with Crippen molar-refractivity contribution in [3.63, 3.8) is 0 Å². The second-order valence-corrected chi connectivity index (χ2v) is 4.80. The van der Waals surface area contributed by atoms with Gasteiger partial charge in [-0.2, -0.15) is 0 Å². The zero-order valence-corrected chi connectivity index (χ0v) is 11.3. The van der Waals surface area contributed by atoms with E-state index >= 15 is 0 Å². The third-order valence-electron chi connectivity index (χ3n) is 3.56. The fraction of sp³-hybridized carbons (Fsp3) is 0.923. The van der Waals surface area contributed by atoms with E-state index in [0.29, 0.717) is 19.8 Å². The van der Waals surface area contributed by atoms with Crippen molar-refractivity contribution in [1.82, 2.24) is 4.90 Å². The van der Waals surface area contributed by atoms with Crippen molar-refractivity contribution in [3.05, 3.63) is 0 Å². The van der Waals surface area contributed by atoms with Gasteiger partial charge in [0.05, 0.1) is 19.3 Å². The molecule has 2 heterocycles. The molecule has 2 saturated heterocycles. The molecule has 0 aromatic rings. The van der Waals surface area contributed by atoms with E-state index < -0.39 is 0 Å². The van der Waals surface area contributed by atoms with Crippen LogP contribution >= 0.6 is 0 Å². The van der Waals surface area contributed by atoms with Gasteiger partial charge in [0.15, 0.2) is 6.29 Å². The normalized spacial score (nSPS) is 27.4. The number of carbonyl (C=O) groups is 1. The average Bonchev–Trinajstić information content (AvgIpc) is 2.92. The maximum Gasteiger partial charge on any atom is 0.251 e. The summed E-state index contributed by atoms with van der Waals surface area (Å²) in [4.78, 5) is 14.2. The highest BCUT2D eigenvalue weighted by Crippen LogP contribution is 2.25. The number of rotatable bonds is 4. The van der Waals surface area contributed by atoms with Gasteiger partial charge in [-0.25, -0.2) is 0 Å². The molecule has 0 aliphatic carbocycles. The van der Waals surface area contributed by atoms with Crippen LogP contribution in [0.5, 0.6) is 0 Å². The van der Waals surface area contributed by atoms with E-state index in [0.717, 1.165) is 25.8 Å². The van der Waals surface area contributed by atoms with Gasteiger partial charge in [-0.15, -0.1) is 0 Å². The van der Waals surface area contributed by atoms with Crippen LogP contribution in [0.4, 0.5) is 0 Å². The monoisotopic (exact) mass is 257 g/mol. The van der Waals surface area contributed by atoms with Gasteiger partial charge in [-0.3, -0.25) is 4.79 Å². The van der Waals surface area contributed by atoms with Crippen molar-refractivity contribution in [2.45, 2.75) is 51.5 Å². The Hall–Kier alpha value is -0.650. The van der Waals surface area contributed by atoms with E-state index in [4.69, 9.17) is 14.2 Å². The molecule has 18 heavy (non-hydrogen) atoms. The molecule has 0 aromatic heterocycles. The molecular weight excluding hydrogens is 234 g/mol. The summed E-state index contributed by atoms with van der Waals surface area (Å²) < 4.78 is 16.5. The molecule has 5 nitrogen and oxygen atoms in total. The van der Waals surface area contributed by atoms with E-state index in [1.54, 1.807) is 0 Å². The van der Waals surface area contributed by atoms with Crippen molar-refractivity contribution in [2.75, 3.05) is 26.4 Å². The van der Waals surface area contributed by atoms with Crippen LogP contribution in [0.1, 0.15) is 33.1 Å². The Balaban J connectivity index is 2.00. The van der Waals surface area contributed by atoms with Gasteiger partial charge in [0.1, 0.15) is 6.10 Å². The molecule has 2 rings (SSSR count). The van der Waals surface area contributed by atoms with Crippen LogP contribution in [0.25, 0.3) is 0 Å². The lowest BCUT2D eigenvalue weighted by molar-refractivity contribution is -0.160. The summed E-state index contributed by atoms with van der Waals surface area (Å²) in [6.07, 6.45) is 2.50. The Morgan fingerprint density at radius 1 is 1.39 bits per heavy atom. The van der Waals surface area contributed by atoms with Gasteiger partial charge in [-0.05, 0) is 33.1 Å². The number of ether oxygens (including phenoxy) is 3. The first kappa shape index (κ1) is 13.8. The van der Waals surface area contributed by atoms with Gasteiger partial charge in [0, 0.05) is 13.2 Å². The molecule has 0 aromatic carbocycles. The van der Waals surface area contributed by atoms with Gasteiger partial charge in [0.2, 0.25) is 0 Å². The van der Waals surface area contributed by atoms with Crippen LogP contribution in [0.2, 0.25) is 0 Å². The quantitative estimate of drug-likeness (QED) is 0.758. The summed E-state index contributed by atoms with van der Waals surface area (Å²) in [5, 5.41) is 0. The van der Waals surface area contributed by atoms with Gasteiger partial charge < -0.3 is 19.1 Å². The predicted octanol–water partition coefficient (Wildman–Crippen LogP) is 1.17. The van der Waals surface area contributed by atoms with Crippen LogP contribution in [-0.2, 0) is 19.0 Å². The predicted molar refractivity (Wildman–Crippen MR) is 66.1 cm³/mol. The summed E-state index contributed by atoms with van der Waals surface area (Å²) in [7, 11) is 0. The third-order valence-corrected chi connectivity index (χ3v) is 3.56. The molecule has 2 aliphatic rings. The highest BCUT2D eigenvalue weighted by atomic mass is 16.7. The minimum Gasteiger partial charge on any atom is -0.369 e. The third kappa shape index (κ3) is 3.02. The second kappa shape index (κ2) is 6.50. The number of likely N-dealkylation sites (tertiary alicyclic amines) is 1. The fourth-order valence-electron chi connectivity index (χ4n) is 2.67. The largest absolute Gasteiger partial charge is 0.369 e. The molecule has 0 saturated carbocycles. The average molecular weight is 257 g/mol. The summed E-state index contributed by atoms with van der Waals surface area (Å²) in [6, 6.07) is 0.0525. The Bertz CT molecular complexity index is 278. The first-order valence-corrected chi connectivity index (χ1v) is 6.89. The van der Waals surface area contributed by atoms with E-state index in [2.05, 4.69) is 0 Å². The number of carbonyl (C=O) groups excluding carboxylic acids is 1. The molecule has 0 radical (unpaired) electrons. The SMILES string of the molecule is CCO[C@H](C)C(=O)N1CCCC[C@@H]1C1OCCO1. The zero-order valence-electron chi connectivity index (χ0n) is 11.3. The summed E-state index contributed by atoms with van der Waals surface area (Å²) in [5.41, 5.74) is 0. The van der Waals surface area contributed by atoms with Crippen LogP contribution in [0.15, 0.2) is 0 Å². The lowest BCUT2D eigenvalue weighted by Gasteiger charge is -2.39. The fourth-order valence-corrected chi connectivity index (χ4v) is 2.67. The molecule has 0 unspecified atom stereocenters. The second-order valence-electron chi connectivity index (χ2n) is 4.80. The first-order valence-electron chi connectivity index (χ1n) is 6.89. The van der Waals surface area contributed by atoms with Crippen LogP contribution in [0, 0.1) is 0 Å². The van der Waals surface area contributed by atoms with Crippen molar-refractivity contribution in [2.24, 2.45) is 0 Å². The number of piperidine rings is 1. The van der Waals surface area contributed by atoms with Gasteiger partial charge in [-0.1, -0.05) is 0 Å². The minimum absolute atomic E-state index is 0.0525. The van der Waals surface area contributed by atoms with Crippen molar-refractivity contribution >= 4 is 5.91 Å². The topological polar surface area (TPSA) is 48.0 Å². The number of hydrogen-bond acceptors (Lipinski definition) is 4. The number of amides is 1. The van der Waals surface area contributed by atoms with Gasteiger partial charge >= 0.3 is 0 Å². The van der Waals surface area contributed by atoms with E-state index in [1.807, 2.05) is 18.7 Å².